The van der Waals surface area contributed by atoms with Crippen LogP contribution in [0.15, 0.2) is 48.8 Å². The van der Waals surface area contributed by atoms with Crippen molar-refractivity contribution < 1.29 is 14.3 Å². The highest BCUT2D eigenvalue weighted by Crippen LogP contribution is 2.27. The van der Waals surface area contributed by atoms with Crippen molar-refractivity contribution in [1.82, 2.24) is 9.88 Å². The molecule has 1 unspecified atom stereocenters. The first-order chi connectivity index (χ1) is 12.3. The van der Waals surface area contributed by atoms with Gasteiger partial charge in [0.1, 0.15) is 0 Å². The summed E-state index contributed by atoms with van der Waals surface area (Å²) in [6, 6.07) is 11.5. The molecule has 5 nitrogen and oxygen atoms in total. The van der Waals surface area contributed by atoms with Crippen molar-refractivity contribution in [2.75, 3.05) is 26.8 Å². The molecule has 132 valence electrons. The van der Waals surface area contributed by atoms with Crippen LogP contribution in [0, 0.1) is 5.92 Å². The molecule has 3 rings (SSSR count). The van der Waals surface area contributed by atoms with Crippen LogP contribution in [0.25, 0.3) is 0 Å². The van der Waals surface area contributed by atoms with E-state index in [1.54, 1.807) is 19.5 Å². The molecule has 0 bridgehead atoms. The first-order valence-electron chi connectivity index (χ1n) is 8.68. The van der Waals surface area contributed by atoms with E-state index in [0.717, 1.165) is 43.0 Å². The minimum Gasteiger partial charge on any atom is -0.493 e. The zero-order valence-electron chi connectivity index (χ0n) is 14.6. The molecule has 0 radical (unpaired) electrons. The molecule has 1 aliphatic heterocycles. The number of carbonyl (C=O) groups excluding carboxylic acids is 1. The highest BCUT2D eigenvalue weighted by Gasteiger charge is 2.26. The number of hydrogen-bond acceptors (Lipinski definition) is 4. The van der Waals surface area contributed by atoms with Gasteiger partial charge in [0.25, 0.3) is 0 Å². The fraction of sp³-hybridized carbons (Fsp3) is 0.400. The van der Waals surface area contributed by atoms with Crippen LogP contribution >= 0.6 is 0 Å². The van der Waals surface area contributed by atoms with Gasteiger partial charge >= 0.3 is 0 Å². The summed E-state index contributed by atoms with van der Waals surface area (Å²) in [5.41, 5.74) is 0.968. The van der Waals surface area contributed by atoms with Crippen molar-refractivity contribution >= 4 is 5.91 Å². The second-order valence-corrected chi connectivity index (χ2v) is 6.32. The third kappa shape index (κ3) is 4.72. The van der Waals surface area contributed by atoms with Gasteiger partial charge in [-0.25, -0.2) is 0 Å². The summed E-state index contributed by atoms with van der Waals surface area (Å²) in [4.78, 5) is 18.4. The summed E-state index contributed by atoms with van der Waals surface area (Å²) in [6.45, 7) is 2.28. The largest absolute Gasteiger partial charge is 0.493 e. The van der Waals surface area contributed by atoms with Gasteiger partial charge in [-0.2, -0.15) is 0 Å². The molecule has 1 aromatic heterocycles. The molecule has 1 aromatic carbocycles. The normalized spacial score (nSPS) is 16.7. The Labute approximate surface area is 148 Å². The SMILES string of the molecule is COc1ccccc1OCCC1CCN(C(=O)Cc2cccnc2)C1. The Morgan fingerprint density at radius 3 is 2.84 bits per heavy atom. The van der Waals surface area contributed by atoms with Crippen LogP contribution in [0.3, 0.4) is 0 Å². The number of rotatable bonds is 7. The molecule has 2 heterocycles. The highest BCUT2D eigenvalue weighted by atomic mass is 16.5. The zero-order chi connectivity index (χ0) is 17.5. The Hall–Kier alpha value is -2.56. The summed E-state index contributed by atoms with van der Waals surface area (Å²) >= 11 is 0. The Kier molecular flexibility index (Phi) is 5.88. The maximum absolute atomic E-state index is 12.4. The van der Waals surface area contributed by atoms with Crippen molar-refractivity contribution in [3.8, 4) is 11.5 Å². The van der Waals surface area contributed by atoms with Gasteiger partial charge in [-0.05, 0) is 42.5 Å². The van der Waals surface area contributed by atoms with E-state index in [4.69, 9.17) is 9.47 Å². The molecule has 1 atom stereocenters. The topological polar surface area (TPSA) is 51.7 Å². The second-order valence-electron chi connectivity index (χ2n) is 6.32. The third-order valence-corrected chi connectivity index (χ3v) is 4.57. The van der Waals surface area contributed by atoms with Gasteiger partial charge in [0.05, 0.1) is 20.1 Å². The van der Waals surface area contributed by atoms with E-state index in [2.05, 4.69) is 4.98 Å². The fourth-order valence-corrected chi connectivity index (χ4v) is 3.16. The average molecular weight is 340 g/mol. The minimum atomic E-state index is 0.182. The Balaban J connectivity index is 1.43. The quantitative estimate of drug-likeness (QED) is 0.778. The van der Waals surface area contributed by atoms with Crippen LogP contribution in [-0.4, -0.2) is 42.6 Å². The number of amides is 1. The number of methoxy groups -OCH3 is 1. The molecule has 0 saturated carbocycles. The monoisotopic (exact) mass is 340 g/mol. The lowest BCUT2D eigenvalue weighted by molar-refractivity contribution is -0.129. The van der Waals surface area contributed by atoms with E-state index in [1.165, 1.54) is 0 Å². The predicted octanol–water partition coefficient (Wildman–Crippen LogP) is 2.95. The zero-order valence-corrected chi connectivity index (χ0v) is 14.6. The predicted molar refractivity (Wildman–Crippen MR) is 95.7 cm³/mol. The van der Waals surface area contributed by atoms with Gasteiger partial charge in [-0.15, -0.1) is 0 Å². The number of ether oxygens (including phenoxy) is 2. The van der Waals surface area contributed by atoms with Crippen LogP contribution in [0.1, 0.15) is 18.4 Å². The summed E-state index contributed by atoms with van der Waals surface area (Å²) in [7, 11) is 1.64. The molecule has 0 spiro atoms. The van der Waals surface area contributed by atoms with Crippen LogP contribution in [0.4, 0.5) is 0 Å². The number of para-hydroxylation sites is 2. The fourth-order valence-electron chi connectivity index (χ4n) is 3.16. The van der Waals surface area contributed by atoms with Crippen LogP contribution in [0.5, 0.6) is 11.5 Å². The van der Waals surface area contributed by atoms with Gasteiger partial charge in [0, 0.05) is 25.5 Å². The summed E-state index contributed by atoms with van der Waals surface area (Å²) in [5.74, 6) is 2.20. The first kappa shape index (κ1) is 17.3. The van der Waals surface area contributed by atoms with Gasteiger partial charge in [-0.1, -0.05) is 18.2 Å². The molecule has 5 heteroatoms. The van der Waals surface area contributed by atoms with E-state index >= 15 is 0 Å². The van der Waals surface area contributed by atoms with Crippen molar-refractivity contribution in [2.24, 2.45) is 5.92 Å². The van der Waals surface area contributed by atoms with Gasteiger partial charge in [0.2, 0.25) is 5.91 Å². The van der Waals surface area contributed by atoms with Crippen LogP contribution in [-0.2, 0) is 11.2 Å². The number of carbonyl (C=O) groups is 1. The first-order valence-corrected chi connectivity index (χ1v) is 8.68. The molecule has 0 aliphatic carbocycles. The van der Waals surface area contributed by atoms with Gasteiger partial charge < -0.3 is 14.4 Å². The number of benzene rings is 1. The molecular weight excluding hydrogens is 316 g/mol. The smallest absolute Gasteiger partial charge is 0.227 e. The Bertz CT molecular complexity index is 690. The van der Waals surface area contributed by atoms with Crippen molar-refractivity contribution in [2.45, 2.75) is 19.3 Å². The van der Waals surface area contributed by atoms with E-state index in [-0.39, 0.29) is 5.91 Å². The summed E-state index contributed by atoms with van der Waals surface area (Å²) in [6.07, 6.45) is 5.88. The van der Waals surface area contributed by atoms with Gasteiger partial charge in [0.15, 0.2) is 11.5 Å². The molecule has 1 fully saturated rings. The number of likely N-dealkylation sites (tertiary alicyclic amines) is 1. The molecule has 25 heavy (non-hydrogen) atoms. The number of pyridine rings is 1. The molecule has 2 aromatic rings. The summed E-state index contributed by atoms with van der Waals surface area (Å²) in [5, 5.41) is 0. The molecule has 1 saturated heterocycles. The standard InChI is InChI=1S/C20H24N2O3/c1-24-18-6-2-3-7-19(18)25-12-9-16-8-11-22(15-16)20(23)13-17-5-4-10-21-14-17/h2-7,10,14,16H,8-9,11-13,15H2,1H3. The van der Waals surface area contributed by atoms with Crippen molar-refractivity contribution in [3.63, 3.8) is 0 Å². The summed E-state index contributed by atoms with van der Waals surface area (Å²) < 4.78 is 11.1. The molecule has 1 amide bonds. The van der Waals surface area contributed by atoms with E-state index < -0.39 is 0 Å². The third-order valence-electron chi connectivity index (χ3n) is 4.57. The maximum atomic E-state index is 12.4. The average Bonchev–Trinajstić information content (AvgIpc) is 3.12. The maximum Gasteiger partial charge on any atom is 0.227 e. The lowest BCUT2D eigenvalue weighted by Crippen LogP contribution is -2.30. The van der Waals surface area contributed by atoms with E-state index in [9.17, 15) is 4.79 Å². The molecular formula is C20H24N2O3. The second kappa shape index (κ2) is 8.51. The van der Waals surface area contributed by atoms with Crippen molar-refractivity contribution in [1.29, 1.82) is 0 Å². The Morgan fingerprint density at radius 1 is 1.24 bits per heavy atom. The van der Waals surface area contributed by atoms with Gasteiger partial charge in [-0.3, -0.25) is 9.78 Å². The van der Waals surface area contributed by atoms with Crippen LogP contribution in [0.2, 0.25) is 0 Å². The minimum absolute atomic E-state index is 0.182. The van der Waals surface area contributed by atoms with E-state index in [1.807, 2.05) is 41.3 Å². The number of hydrogen-bond donors (Lipinski definition) is 0. The van der Waals surface area contributed by atoms with Crippen molar-refractivity contribution in [3.05, 3.63) is 54.4 Å². The van der Waals surface area contributed by atoms with Crippen LogP contribution < -0.4 is 9.47 Å². The lowest BCUT2D eigenvalue weighted by Gasteiger charge is -2.17. The highest BCUT2D eigenvalue weighted by molar-refractivity contribution is 5.78. The number of aromatic nitrogens is 1. The molecule has 0 N–H and O–H groups in total. The number of nitrogens with zero attached hydrogens (tertiary/aromatic N) is 2. The molecule has 1 aliphatic rings. The van der Waals surface area contributed by atoms with E-state index in [0.29, 0.717) is 18.9 Å². The Morgan fingerprint density at radius 2 is 2.08 bits per heavy atom. The lowest BCUT2D eigenvalue weighted by atomic mass is 10.1.